The second kappa shape index (κ2) is 5.71. The second-order valence-corrected chi connectivity index (χ2v) is 5.58. The van der Waals surface area contributed by atoms with Gasteiger partial charge in [-0.2, -0.15) is 16.7 Å². The highest BCUT2D eigenvalue weighted by Gasteiger charge is 2.17. The normalized spacial score (nSPS) is 18.9. The first-order chi connectivity index (χ1) is 9.33. The van der Waals surface area contributed by atoms with E-state index in [0.717, 1.165) is 5.75 Å². The highest BCUT2D eigenvalue weighted by Crippen LogP contribution is 2.20. The molecule has 1 fully saturated rings. The molecule has 1 aromatic heterocycles. The van der Waals surface area contributed by atoms with Gasteiger partial charge in [-0.15, -0.1) is 0 Å². The second-order valence-electron chi connectivity index (χ2n) is 4.43. The van der Waals surface area contributed by atoms with Crippen LogP contribution in [0.15, 0.2) is 28.8 Å². The van der Waals surface area contributed by atoms with Crippen molar-refractivity contribution >= 4 is 11.8 Å². The average Bonchev–Trinajstić information content (AvgIpc) is 3.08. The Bertz CT molecular complexity index is 554. The van der Waals surface area contributed by atoms with Crippen molar-refractivity contribution in [2.45, 2.75) is 19.0 Å². The first-order valence-electron chi connectivity index (χ1n) is 6.21. The van der Waals surface area contributed by atoms with Gasteiger partial charge >= 0.3 is 0 Å². The Hall–Kier alpha value is -1.40. The van der Waals surface area contributed by atoms with Crippen molar-refractivity contribution < 1.29 is 8.91 Å². The van der Waals surface area contributed by atoms with E-state index in [1.807, 2.05) is 11.8 Å². The SMILES string of the molecule is Fc1ccccc1-c1noc(CNC2CCSC2)n1. The van der Waals surface area contributed by atoms with Crippen LogP contribution in [0.3, 0.4) is 0 Å². The fourth-order valence-corrected chi connectivity index (χ4v) is 3.19. The summed E-state index contributed by atoms with van der Waals surface area (Å²) in [6.45, 7) is 0.534. The average molecular weight is 279 g/mol. The summed E-state index contributed by atoms with van der Waals surface area (Å²) < 4.78 is 18.7. The van der Waals surface area contributed by atoms with E-state index in [9.17, 15) is 4.39 Å². The Morgan fingerprint density at radius 1 is 1.42 bits per heavy atom. The van der Waals surface area contributed by atoms with Crippen LogP contribution >= 0.6 is 11.8 Å². The Balaban J connectivity index is 1.67. The summed E-state index contributed by atoms with van der Waals surface area (Å²) in [6, 6.07) is 6.93. The number of hydrogen-bond donors (Lipinski definition) is 1. The van der Waals surface area contributed by atoms with Crippen molar-refractivity contribution in [3.05, 3.63) is 36.0 Å². The van der Waals surface area contributed by atoms with Gasteiger partial charge in [0.1, 0.15) is 5.82 Å². The number of nitrogens with zero attached hydrogens (tertiary/aromatic N) is 2. The Kier molecular flexibility index (Phi) is 3.79. The monoisotopic (exact) mass is 279 g/mol. The van der Waals surface area contributed by atoms with Gasteiger partial charge in [0.15, 0.2) is 0 Å². The minimum Gasteiger partial charge on any atom is -0.338 e. The maximum Gasteiger partial charge on any atom is 0.240 e. The summed E-state index contributed by atoms with van der Waals surface area (Å²) >= 11 is 1.94. The van der Waals surface area contributed by atoms with E-state index in [0.29, 0.717) is 29.9 Å². The van der Waals surface area contributed by atoms with E-state index in [-0.39, 0.29) is 5.82 Å². The van der Waals surface area contributed by atoms with Gasteiger partial charge in [0.05, 0.1) is 12.1 Å². The van der Waals surface area contributed by atoms with Gasteiger partial charge in [0.25, 0.3) is 0 Å². The lowest BCUT2D eigenvalue weighted by Crippen LogP contribution is -2.28. The van der Waals surface area contributed by atoms with Gasteiger partial charge in [-0.3, -0.25) is 0 Å². The molecule has 1 aliphatic rings. The summed E-state index contributed by atoms with van der Waals surface area (Å²) in [5, 5.41) is 7.19. The molecule has 0 amide bonds. The lowest BCUT2D eigenvalue weighted by Gasteiger charge is -2.07. The summed E-state index contributed by atoms with van der Waals surface area (Å²) in [4.78, 5) is 4.22. The fourth-order valence-electron chi connectivity index (χ4n) is 2.01. The van der Waals surface area contributed by atoms with Crippen LogP contribution in [-0.2, 0) is 6.54 Å². The van der Waals surface area contributed by atoms with E-state index in [4.69, 9.17) is 4.52 Å². The molecule has 1 atom stereocenters. The predicted octanol–water partition coefficient (Wildman–Crippen LogP) is 2.47. The van der Waals surface area contributed by atoms with Gasteiger partial charge in [0.2, 0.25) is 11.7 Å². The topological polar surface area (TPSA) is 51.0 Å². The highest BCUT2D eigenvalue weighted by molar-refractivity contribution is 7.99. The molecule has 100 valence electrons. The van der Waals surface area contributed by atoms with Gasteiger partial charge < -0.3 is 9.84 Å². The molecule has 1 aromatic carbocycles. The third-order valence-corrected chi connectivity index (χ3v) is 4.22. The number of nitrogens with one attached hydrogen (secondary N) is 1. The predicted molar refractivity (Wildman–Crippen MR) is 72.3 cm³/mol. The molecule has 1 saturated heterocycles. The van der Waals surface area contributed by atoms with Gasteiger partial charge in [-0.05, 0) is 24.3 Å². The van der Waals surface area contributed by atoms with Crippen LogP contribution in [0, 0.1) is 5.82 Å². The van der Waals surface area contributed by atoms with Gasteiger partial charge in [0, 0.05) is 11.8 Å². The zero-order valence-corrected chi connectivity index (χ0v) is 11.1. The van der Waals surface area contributed by atoms with Crippen molar-refractivity contribution in [1.29, 1.82) is 0 Å². The third kappa shape index (κ3) is 2.96. The lowest BCUT2D eigenvalue weighted by molar-refractivity contribution is 0.360. The molecular formula is C13H14FN3OS. The fraction of sp³-hybridized carbons (Fsp3) is 0.385. The maximum atomic E-state index is 13.6. The molecule has 0 saturated carbocycles. The molecule has 2 heterocycles. The van der Waals surface area contributed by atoms with E-state index in [1.54, 1.807) is 18.2 Å². The van der Waals surface area contributed by atoms with E-state index >= 15 is 0 Å². The van der Waals surface area contributed by atoms with Crippen molar-refractivity contribution in [3.8, 4) is 11.4 Å². The molecule has 1 aliphatic heterocycles. The van der Waals surface area contributed by atoms with Crippen LogP contribution in [0.5, 0.6) is 0 Å². The minimum atomic E-state index is -0.338. The molecule has 6 heteroatoms. The number of halogens is 1. The van der Waals surface area contributed by atoms with E-state index in [2.05, 4.69) is 15.5 Å². The summed E-state index contributed by atoms with van der Waals surface area (Å²) in [5.41, 5.74) is 0.369. The lowest BCUT2D eigenvalue weighted by atomic mass is 10.2. The number of aromatic nitrogens is 2. The number of thioether (sulfide) groups is 1. The molecule has 0 bridgehead atoms. The van der Waals surface area contributed by atoms with Gasteiger partial charge in [-0.1, -0.05) is 17.3 Å². The quantitative estimate of drug-likeness (QED) is 0.931. The summed E-state index contributed by atoms with van der Waals surface area (Å²) in [7, 11) is 0. The van der Waals surface area contributed by atoms with Crippen molar-refractivity contribution in [3.63, 3.8) is 0 Å². The Morgan fingerprint density at radius 3 is 3.11 bits per heavy atom. The van der Waals surface area contributed by atoms with Crippen LogP contribution in [0.1, 0.15) is 12.3 Å². The standard InChI is InChI=1S/C13H14FN3OS/c14-11-4-2-1-3-10(11)13-16-12(18-17-13)7-15-9-5-6-19-8-9/h1-4,9,15H,5-8H2. The highest BCUT2D eigenvalue weighted by atomic mass is 32.2. The number of hydrogen-bond acceptors (Lipinski definition) is 5. The molecule has 1 N–H and O–H groups in total. The summed E-state index contributed by atoms with van der Waals surface area (Å²) in [6.07, 6.45) is 1.17. The number of benzene rings is 1. The van der Waals surface area contributed by atoms with Crippen LogP contribution in [0.4, 0.5) is 4.39 Å². The first kappa shape index (κ1) is 12.6. The zero-order valence-electron chi connectivity index (χ0n) is 10.3. The van der Waals surface area contributed by atoms with Crippen LogP contribution in [0.2, 0.25) is 0 Å². The van der Waals surface area contributed by atoms with Crippen LogP contribution in [0.25, 0.3) is 11.4 Å². The van der Waals surface area contributed by atoms with Crippen LogP contribution in [-0.4, -0.2) is 27.7 Å². The molecule has 19 heavy (non-hydrogen) atoms. The van der Waals surface area contributed by atoms with E-state index in [1.165, 1.54) is 18.2 Å². The maximum absolute atomic E-state index is 13.6. The van der Waals surface area contributed by atoms with Crippen LogP contribution < -0.4 is 5.32 Å². The molecule has 4 nitrogen and oxygen atoms in total. The molecular weight excluding hydrogens is 265 g/mol. The minimum absolute atomic E-state index is 0.302. The van der Waals surface area contributed by atoms with E-state index < -0.39 is 0 Å². The molecule has 3 rings (SSSR count). The zero-order chi connectivity index (χ0) is 13.1. The molecule has 2 aromatic rings. The molecule has 0 spiro atoms. The molecule has 1 unspecified atom stereocenters. The smallest absolute Gasteiger partial charge is 0.240 e. The third-order valence-electron chi connectivity index (χ3n) is 3.05. The van der Waals surface area contributed by atoms with Crippen molar-refractivity contribution in [2.24, 2.45) is 0 Å². The number of rotatable bonds is 4. The largest absolute Gasteiger partial charge is 0.338 e. The first-order valence-corrected chi connectivity index (χ1v) is 7.37. The van der Waals surface area contributed by atoms with Crippen molar-refractivity contribution in [1.82, 2.24) is 15.5 Å². The molecule has 0 aliphatic carbocycles. The van der Waals surface area contributed by atoms with Crippen molar-refractivity contribution in [2.75, 3.05) is 11.5 Å². The Morgan fingerprint density at radius 2 is 2.32 bits per heavy atom. The summed E-state index contributed by atoms with van der Waals surface area (Å²) in [5.74, 6) is 2.77. The molecule has 0 radical (unpaired) electrons. The Labute approximate surface area is 114 Å². The van der Waals surface area contributed by atoms with Gasteiger partial charge in [-0.25, -0.2) is 4.39 Å².